The van der Waals surface area contributed by atoms with E-state index in [1.54, 1.807) is 6.26 Å². The Hall–Kier alpha value is -1.18. The van der Waals surface area contributed by atoms with Crippen LogP contribution < -0.4 is 5.32 Å². The average molecular weight is 250 g/mol. The molecule has 1 rings (SSSR count). The Morgan fingerprint density at radius 3 is 2.59 bits per heavy atom. The van der Waals surface area contributed by atoms with E-state index in [4.69, 9.17) is 5.26 Å². The molecule has 0 saturated heterocycles. The Balaban J connectivity index is 2.39. The molecule has 0 bridgehead atoms. The minimum Gasteiger partial charge on any atom is -0.310 e. The van der Waals surface area contributed by atoms with E-state index in [1.807, 2.05) is 24.3 Å². The second-order valence-electron chi connectivity index (χ2n) is 4.04. The molecule has 0 aliphatic rings. The van der Waals surface area contributed by atoms with Crippen LogP contribution in [0.15, 0.2) is 24.3 Å². The van der Waals surface area contributed by atoms with Gasteiger partial charge in [-0.2, -0.15) is 5.26 Å². The van der Waals surface area contributed by atoms with Crippen molar-refractivity contribution in [1.82, 2.24) is 5.32 Å². The third kappa shape index (κ3) is 5.12. The maximum Gasteiger partial charge on any atom is 0.0991 e. The van der Waals surface area contributed by atoms with Gasteiger partial charge >= 0.3 is 0 Å². The van der Waals surface area contributed by atoms with Gasteiger partial charge in [0.05, 0.1) is 11.6 Å². The van der Waals surface area contributed by atoms with E-state index in [9.17, 15) is 4.21 Å². The summed E-state index contributed by atoms with van der Waals surface area (Å²) in [6.45, 7) is 2.95. The fraction of sp³-hybridized carbons (Fsp3) is 0.462. The van der Waals surface area contributed by atoms with Crippen molar-refractivity contribution in [3.63, 3.8) is 0 Å². The molecule has 0 spiro atoms. The van der Waals surface area contributed by atoms with Crippen molar-refractivity contribution in [3.05, 3.63) is 35.4 Å². The van der Waals surface area contributed by atoms with E-state index >= 15 is 0 Å². The van der Waals surface area contributed by atoms with Crippen LogP contribution in [0.4, 0.5) is 0 Å². The van der Waals surface area contributed by atoms with Crippen LogP contribution in [0, 0.1) is 11.3 Å². The van der Waals surface area contributed by atoms with Crippen LogP contribution in [0.5, 0.6) is 0 Å². The summed E-state index contributed by atoms with van der Waals surface area (Å²) in [4.78, 5) is 0. The van der Waals surface area contributed by atoms with Crippen molar-refractivity contribution in [2.24, 2.45) is 0 Å². The molecule has 1 N–H and O–H groups in total. The molecule has 2 unspecified atom stereocenters. The molecule has 0 amide bonds. The molecule has 0 heterocycles. The molecule has 1 aromatic rings. The minimum atomic E-state index is -0.705. The lowest BCUT2D eigenvalue weighted by molar-refractivity contribution is 0.570. The second kappa shape index (κ2) is 7.21. The highest BCUT2D eigenvalue weighted by Gasteiger charge is 2.04. The Bertz CT molecular complexity index is 408. The third-order valence-corrected chi connectivity index (χ3v) is 3.46. The van der Waals surface area contributed by atoms with Gasteiger partial charge in [0.15, 0.2) is 0 Å². The first-order valence-electron chi connectivity index (χ1n) is 5.67. The predicted octanol–water partition coefficient (Wildman–Crippen LogP) is 1.98. The number of benzene rings is 1. The fourth-order valence-electron chi connectivity index (χ4n) is 1.56. The van der Waals surface area contributed by atoms with Crippen LogP contribution in [0.2, 0.25) is 0 Å². The van der Waals surface area contributed by atoms with Gasteiger partial charge in [-0.15, -0.1) is 0 Å². The first-order valence-corrected chi connectivity index (χ1v) is 7.39. The quantitative estimate of drug-likeness (QED) is 0.785. The first-order chi connectivity index (χ1) is 8.13. The number of hydrogen-bond donors (Lipinski definition) is 1. The summed E-state index contributed by atoms with van der Waals surface area (Å²) < 4.78 is 10.9. The molecule has 0 aromatic heterocycles. The molecule has 1 aromatic carbocycles. The third-order valence-electron chi connectivity index (χ3n) is 2.60. The molecule has 92 valence electrons. The van der Waals surface area contributed by atoms with Crippen LogP contribution in [0.3, 0.4) is 0 Å². The lowest BCUT2D eigenvalue weighted by Gasteiger charge is -2.13. The van der Waals surface area contributed by atoms with Crippen LogP contribution in [-0.4, -0.2) is 22.8 Å². The maximum absolute atomic E-state index is 10.9. The van der Waals surface area contributed by atoms with E-state index in [1.165, 1.54) is 5.56 Å². The maximum atomic E-state index is 10.9. The van der Waals surface area contributed by atoms with Crippen molar-refractivity contribution in [1.29, 1.82) is 5.26 Å². The predicted molar refractivity (Wildman–Crippen MR) is 71.1 cm³/mol. The van der Waals surface area contributed by atoms with E-state index in [0.717, 1.165) is 18.7 Å². The smallest absolute Gasteiger partial charge is 0.0991 e. The van der Waals surface area contributed by atoms with Gasteiger partial charge in [-0.1, -0.05) is 12.1 Å². The highest BCUT2D eigenvalue weighted by molar-refractivity contribution is 7.84. The summed E-state index contributed by atoms with van der Waals surface area (Å²) in [5.41, 5.74) is 1.85. The number of hydrogen-bond acceptors (Lipinski definition) is 3. The first kappa shape index (κ1) is 13.9. The molecule has 0 saturated carbocycles. The molecule has 0 aliphatic carbocycles. The summed E-state index contributed by atoms with van der Waals surface area (Å²) in [5.74, 6) is 0.743. The van der Waals surface area contributed by atoms with Gasteiger partial charge in [-0.25, -0.2) is 0 Å². The van der Waals surface area contributed by atoms with Crippen molar-refractivity contribution < 1.29 is 4.21 Å². The zero-order valence-corrected chi connectivity index (χ0v) is 11.1. The second-order valence-corrected chi connectivity index (χ2v) is 5.60. The Morgan fingerprint density at radius 1 is 1.41 bits per heavy atom. The molecule has 2 atom stereocenters. The Kier molecular flexibility index (Phi) is 5.88. The monoisotopic (exact) mass is 250 g/mol. The zero-order valence-electron chi connectivity index (χ0n) is 10.3. The van der Waals surface area contributed by atoms with Gasteiger partial charge in [0.2, 0.25) is 0 Å². The number of nitriles is 1. The van der Waals surface area contributed by atoms with Gasteiger partial charge < -0.3 is 5.32 Å². The fourth-order valence-corrected chi connectivity index (χ4v) is 2.11. The van der Waals surface area contributed by atoms with E-state index in [2.05, 4.69) is 18.3 Å². The van der Waals surface area contributed by atoms with E-state index in [0.29, 0.717) is 5.56 Å². The Labute approximate surface area is 105 Å². The molecule has 17 heavy (non-hydrogen) atoms. The van der Waals surface area contributed by atoms with Crippen LogP contribution >= 0.6 is 0 Å². The van der Waals surface area contributed by atoms with E-state index in [-0.39, 0.29) is 6.04 Å². The highest BCUT2D eigenvalue weighted by atomic mass is 32.2. The van der Waals surface area contributed by atoms with Crippen LogP contribution in [-0.2, 0) is 10.8 Å². The summed E-state index contributed by atoms with van der Waals surface area (Å²) in [7, 11) is -0.705. The van der Waals surface area contributed by atoms with Crippen LogP contribution in [0.25, 0.3) is 0 Å². The molecule has 0 aliphatic heterocycles. The van der Waals surface area contributed by atoms with Gasteiger partial charge in [0.1, 0.15) is 0 Å². The number of nitrogens with zero attached hydrogens (tertiary/aromatic N) is 1. The summed E-state index contributed by atoms with van der Waals surface area (Å²) in [5, 5.41) is 12.1. The summed E-state index contributed by atoms with van der Waals surface area (Å²) in [6, 6.07) is 9.95. The highest BCUT2D eigenvalue weighted by Crippen LogP contribution is 2.12. The SMILES string of the molecule is CC(NCCCS(C)=O)c1ccc(C#N)cc1. The van der Waals surface area contributed by atoms with Gasteiger partial charge in [-0.05, 0) is 37.6 Å². The number of rotatable bonds is 6. The van der Waals surface area contributed by atoms with Gasteiger partial charge in [-0.3, -0.25) is 4.21 Å². The van der Waals surface area contributed by atoms with Gasteiger partial charge in [0.25, 0.3) is 0 Å². The molecule has 0 radical (unpaired) electrons. The molecule has 4 heteroatoms. The minimum absolute atomic E-state index is 0.257. The van der Waals surface area contributed by atoms with Crippen molar-refractivity contribution in [3.8, 4) is 6.07 Å². The average Bonchev–Trinajstić information content (AvgIpc) is 2.34. The molecular formula is C13H18N2OS. The summed E-state index contributed by atoms with van der Waals surface area (Å²) in [6.07, 6.45) is 2.65. The Morgan fingerprint density at radius 2 is 2.06 bits per heavy atom. The van der Waals surface area contributed by atoms with E-state index < -0.39 is 10.8 Å². The van der Waals surface area contributed by atoms with Gasteiger partial charge in [0, 0.05) is 28.9 Å². The van der Waals surface area contributed by atoms with Crippen LogP contribution in [0.1, 0.15) is 30.5 Å². The largest absolute Gasteiger partial charge is 0.310 e. The van der Waals surface area contributed by atoms with Crippen molar-refractivity contribution in [2.75, 3.05) is 18.6 Å². The molecule has 3 nitrogen and oxygen atoms in total. The molecule has 0 fully saturated rings. The normalized spacial score (nSPS) is 13.9. The zero-order chi connectivity index (χ0) is 12.7. The van der Waals surface area contributed by atoms with Crippen molar-refractivity contribution >= 4 is 10.8 Å². The molecular weight excluding hydrogens is 232 g/mol. The lowest BCUT2D eigenvalue weighted by Crippen LogP contribution is -2.21. The topological polar surface area (TPSA) is 52.9 Å². The standard InChI is InChI=1S/C13H18N2OS/c1-11(15-8-3-9-17(2)16)13-6-4-12(10-14)5-7-13/h4-7,11,15H,3,8-9H2,1-2H3. The lowest BCUT2D eigenvalue weighted by atomic mass is 10.1. The number of nitrogens with one attached hydrogen (secondary N) is 1. The van der Waals surface area contributed by atoms with Crippen molar-refractivity contribution in [2.45, 2.75) is 19.4 Å². The summed E-state index contributed by atoms with van der Waals surface area (Å²) >= 11 is 0.